The summed E-state index contributed by atoms with van der Waals surface area (Å²) in [7, 11) is 0. The van der Waals surface area contributed by atoms with Gasteiger partial charge in [0.05, 0.1) is 0 Å². The van der Waals surface area contributed by atoms with Crippen molar-refractivity contribution in [2.24, 2.45) is 17.3 Å². The lowest BCUT2D eigenvalue weighted by Crippen LogP contribution is -2.45. The number of carbonyl (C=O) groups excluding carboxylic acids is 2. The van der Waals surface area contributed by atoms with Crippen molar-refractivity contribution in [3.63, 3.8) is 0 Å². The third-order valence-corrected chi connectivity index (χ3v) is 3.94. The van der Waals surface area contributed by atoms with Gasteiger partial charge in [-0.05, 0) is 31.6 Å². The molecule has 78 valence electrons. The topological polar surface area (TPSA) is 80.3 Å². The SMILES string of the molecule is O=C([O-])[C@@H]1CC[C@]2(C(=O)[O-])CCC[C@H]12. The molecule has 0 heterocycles. The molecular weight excluding hydrogens is 184 g/mol. The van der Waals surface area contributed by atoms with Crippen LogP contribution in [-0.2, 0) is 9.59 Å². The van der Waals surface area contributed by atoms with Crippen LogP contribution in [0.1, 0.15) is 32.1 Å². The van der Waals surface area contributed by atoms with E-state index in [1.807, 2.05) is 0 Å². The van der Waals surface area contributed by atoms with Gasteiger partial charge < -0.3 is 19.8 Å². The minimum Gasteiger partial charge on any atom is -0.550 e. The van der Waals surface area contributed by atoms with Gasteiger partial charge in [-0.15, -0.1) is 0 Å². The van der Waals surface area contributed by atoms with Crippen LogP contribution in [0.4, 0.5) is 0 Å². The van der Waals surface area contributed by atoms with Crippen molar-refractivity contribution < 1.29 is 19.8 Å². The highest BCUT2D eigenvalue weighted by atomic mass is 16.4. The molecule has 0 aliphatic heterocycles. The molecule has 0 aromatic heterocycles. The number of rotatable bonds is 2. The van der Waals surface area contributed by atoms with Crippen LogP contribution in [0.2, 0.25) is 0 Å². The molecule has 0 unspecified atom stereocenters. The molecule has 0 aromatic carbocycles. The van der Waals surface area contributed by atoms with Crippen LogP contribution in [0.5, 0.6) is 0 Å². The van der Waals surface area contributed by atoms with E-state index in [0.29, 0.717) is 25.7 Å². The highest BCUT2D eigenvalue weighted by Crippen LogP contribution is 2.56. The van der Waals surface area contributed by atoms with Crippen LogP contribution >= 0.6 is 0 Å². The second-order valence-corrected chi connectivity index (χ2v) is 4.41. The molecule has 2 aliphatic rings. The molecule has 4 nitrogen and oxygen atoms in total. The van der Waals surface area contributed by atoms with Gasteiger partial charge >= 0.3 is 0 Å². The number of hydrogen-bond acceptors (Lipinski definition) is 4. The molecule has 2 fully saturated rings. The summed E-state index contributed by atoms with van der Waals surface area (Å²) >= 11 is 0. The molecule has 0 spiro atoms. The first-order valence-corrected chi connectivity index (χ1v) is 5.00. The van der Waals surface area contributed by atoms with Crippen molar-refractivity contribution >= 4 is 11.9 Å². The summed E-state index contributed by atoms with van der Waals surface area (Å²) in [6.07, 6.45) is 2.93. The number of hydrogen-bond donors (Lipinski definition) is 0. The van der Waals surface area contributed by atoms with E-state index in [4.69, 9.17) is 0 Å². The van der Waals surface area contributed by atoms with Crippen molar-refractivity contribution in [3.05, 3.63) is 0 Å². The van der Waals surface area contributed by atoms with Gasteiger partial charge in [0, 0.05) is 23.3 Å². The standard InChI is InChI=1S/C10H14O4/c11-8(12)6-3-5-10(9(13)14)4-1-2-7(6)10/h6-7H,1-5H2,(H,11,12)(H,13,14)/p-2/t6-,7-,10-/m1/s1. The number of carboxylic acids is 2. The van der Waals surface area contributed by atoms with E-state index in [-0.39, 0.29) is 5.92 Å². The van der Waals surface area contributed by atoms with E-state index in [2.05, 4.69) is 0 Å². The van der Waals surface area contributed by atoms with Gasteiger partial charge in [-0.3, -0.25) is 0 Å². The molecule has 4 heteroatoms. The van der Waals surface area contributed by atoms with Gasteiger partial charge in [-0.25, -0.2) is 0 Å². The van der Waals surface area contributed by atoms with E-state index < -0.39 is 23.3 Å². The highest BCUT2D eigenvalue weighted by molar-refractivity contribution is 5.77. The van der Waals surface area contributed by atoms with E-state index >= 15 is 0 Å². The van der Waals surface area contributed by atoms with Crippen molar-refractivity contribution in [1.82, 2.24) is 0 Å². The lowest BCUT2D eigenvalue weighted by atomic mass is 9.78. The predicted molar refractivity (Wildman–Crippen MR) is 42.5 cm³/mol. The molecule has 0 amide bonds. The Bertz CT molecular complexity index is 286. The molecule has 0 bridgehead atoms. The number of fused-ring (bicyclic) bond motifs is 1. The molecule has 2 rings (SSSR count). The summed E-state index contributed by atoms with van der Waals surface area (Å²) in [6.45, 7) is 0. The third kappa shape index (κ3) is 1.06. The van der Waals surface area contributed by atoms with Crippen LogP contribution in [0, 0.1) is 17.3 Å². The van der Waals surface area contributed by atoms with Crippen LogP contribution < -0.4 is 10.2 Å². The zero-order valence-corrected chi connectivity index (χ0v) is 7.82. The Morgan fingerprint density at radius 1 is 1.14 bits per heavy atom. The Hall–Kier alpha value is -1.06. The summed E-state index contributed by atoms with van der Waals surface area (Å²) in [5, 5.41) is 21.8. The Balaban J connectivity index is 2.28. The highest BCUT2D eigenvalue weighted by Gasteiger charge is 2.52. The number of carbonyl (C=O) groups is 2. The Labute approximate surface area is 81.9 Å². The van der Waals surface area contributed by atoms with Crippen LogP contribution in [0.25, 0.3) is 0 Å². The largest absolute Gasteiger partial charge is 0.550 e. The minimum absolute atomic E-state index is 0.252. The second-order valence-electron chi connectivity index (χ2n) is 4.41. The molecule has 0 N–H and O–H groups in total. The second kappa shape index (κ2) is 2.97. The third-order valence-electron chi connectivity index (χ3n) is 3.94. The fraction of sp³-hybridized carbons (Fsp3) is 0.800. The lowest BCUT2D eigenvalue weighted by molar-refractivity contribution is -0.322. The molecule has 2 aliphatic carbocycles. The van der Waals surface area contributed by atoms with Gasteiger partial charge in [-0.1, -0.05) is 6.42 Å². The first kappa shape index (κ1) is 9.49. The first-order chi connectivity index (χ1) is 6.58. The van der Waals surface area contributed by atoms with E-state index in [1.54, 1.807) is 0 Å². The first-order valence-electron chi connectivity index (χ1n) is 5.00. The van der Waals surface area contributed by atoms with Crippen molar-refractivity contribution in [2.45, 2.75) is 32.1 Å². The summed E-state index contributed by atoms with van der Waals surface area (Å²) in [4.78, 5) is 21.8. The average Bonchev–Trinajstić information content (AvgIpc) is 2.58. The van der Waals surface area contributed by atoms with E-state index in [0.717, 1.165) is 6.42 Å². The maximum atomic E-state index is 11.0. The molecule has 0 saturated heterocycles. The molecule has 0 radical (unpaired) electrons. The maximum absolute atomic E-state index is 11.0. The van der Waals surface area contributed by atoms with Crippen LogP contribution in [-0.4, -0.2) is 11.9 Å². The fourth-order valence-corrected chi connectivity index (χ4v) is 3.25. The van der Waals surface area contributed by atoms with Gasteiger partial charge in [0.25, 0.3) is 0 Å². The van der Waals surface area contributed by atoms with Gasteiger partial charge in [0.2, 0.25) is 0 Å². The Morgan fingerprint density at radius 3 is 2.43 bits per heavy atom. The summed E-state index contributed by atoms with van der Waals surface area (Å²) < 4.78 is 0. The van der Waals surface area contributed by atoms with Gasteiger partial charge in [-0.2, -0.15) is 0 Å². The molecule has 2 saturated carbocycles. The average molecular weight is 196 g/mol. The quantitative estimate of drug-likeness (QED) is 0.548. The maximum Gasteiger partial charge on any atom is 0.0479 e. The van der Waals surface area contributed by atoms with Crippen molar-refractivity contribution in [1.29, 1.82) is 0 Å². The van der Waals surface area contributed by atoms with Crippen molar-refractivity contribution in [3.8, 4) is 0 Å². The van der Waals surface area contributed by atoms with Gasteiger partial charge in [0.15, 0.2) is 0 Å². The van der Waals surface area contributed by atoms with Crippen LogP contribution in [0.15, 0.2) is 0 Å². The Kier molecular flexibility index (Phi) is 2.01. The molecule has 14 heavy (non-hydrogen) atoms. The molecule has 0 aromatic rings. The fourth-order valence-electron chi connectivity index (χ4n) is 3.25. The lowest BCUT2D eigenvalue weighted by Gasteiger charge is -2.32. The summed E-state index contributed by atoms with van der Waals surface area (Å²) in [5.74, 6) is -2.99. The monoisotopic (exact) mass is 196 g/mol. The van der Waals surface area contributed by atoms with Crippen molar-refractivity contribution in [2.75, 3.05) is 0 Å². The number of aliphatic carboxylic acids is 2. The van der Waals surface area contributed by atoms with Crippen LogP contribution in [0.3, 0.4) is 0 Å². The van der Waals surface area contributed by atoms with Gasteiger partial charge in [0.1, 0.15) is 0 Å². The predicted octanol–water partition coefficient (Wildman–Crippen LogP) is -1.32. The molecular formula is C10H12O4-2. The normalized spacial score (nSPS) is 40.9. The summed E-state index contributed by atoms with van der Waals surface area (Å²) in [6, 6.07) is 0. The zero-order chi connectivity index (χ0) is 10.3. The zero-order valence-electron chi connectivity index (χ0n) is 7.82. The Morgan fingerprint density at radius 2 is 1.86 bits per heavy atom. The smallest absolute Gasteiger partial charge is 0.0479 e. The minimum atomic E-state index is -1.10. The molecule has 3 atom stereocenters. The summed E-state index contributed by atoms with van der Waals surface area (Å²) in [5.41, 5.74) is -0.856. The van der Waals surface area contributed by atoms with E-state index in [1.165, 1.54) is 0 Å². The van der Waals surface area contributed by atoms with E-state index in [9.17, 15) is 19.8 Å². The number of carboxylic acid groups (broad SMARTS) is 2.